The Labute approximate surface area is 140 Å². The molecule has 130 valence electrons. The molecule has 24 heavy (non-hydrogen) atoms. The molecule has 0 fully saturated rings. The van der Waals surface area contributed by atoms with Gasteiger partial charge in [-0.15, -0.1) is 0 Å². The van der Waals surface area contributed by atoms with E-state index in [0.29, 0.717) is 28.7 Å². The Morgan fingerprint density at radius 1 is 1.17 bits per heavy atom. The van der Waals surface area contributed by atoms with E-state index in [2.05, 4.69) is 10.6 Å². The number of methoxy groups -OCH3 is 3. The summed E-state index contributed by atoms with van der Waals surface area (Å²) in [4.78, 5) is 12.1. The summed E-state index contributed by atoms with van der Waals surface area (Å²) in [6, 6.07) is 6.88. The number of hydrogen-bond donors (Lipinski definition) is 2. The van der Waals surface area contributed by atoms with Crippen LogP contribution in [0.25, 0.3) is 0 Å². The van der Waals surface area contributed by atoms with Crippen LogP contribution in [0.1, 0.15) is 18.7 Å². The number of furan rings is 1. The van der Waals surface area contributed by atoms with Crippen molar-refractivity contribution in [3.05, 3.63) is 36.3 Å². The summed E-state index contributed by atoms with van der Waals surface area (Å²) in [5.41, 5.74) is 0.685. The van der Waals surface area contributed by atoms with Crippen LogP contribution in [0.5, 0.6) is 17.2 Å². The van der Waals surface area contributed by atoms with E-state index in [1.807, 2.05) is 13.0 Å². The van der Waals surface area contributed by atoms with E-state index >= 15 is 0 Å². The number of rotatable bonds is 8. The van der Waals surface area contributed by atoms with Gasteiger partial charge in [0.15, 0.2) is 11.5 Å². The normalized spacial score (nSPS) is 11.5. The molecule has 0 aliphatic carbocycles. The molecule has 2 aromatic rings. The predicted octanol–water partition coefficient (Wildman–Crippen LogP) is 2.59. The fourth-order valence-corrected chi connectivity index (χ4v) is 2.27. The highest BCUT2D eigenvalue weighted by Crippen LogP contribution is 2.39. The SMILES string of the molecule is COc1cc(NCC(=O)NC(C)c2ccco2)cc(OC)c1OC. The number of hydrogen-bond acceptors (Lipinski definition) is 6. The van der Waals surface area contributed by atoms with Crippen LogP contribution in [0.4, 0.5) is 5.69 Å². The molecule has 1 aromatic heterocycles. The molecule has 0 spiro atoms. The summed E-state index contributed by atoms with van der Waals surface area (Å²) < 4.78 is 21.1. The average Bonchev–Trinajstić information content (AvgIpc) is 3.13. The van der Waals surface area contributed by atoms with Crippen molar-refractivity contribution >= 4 is 11.6 Å². The highest BCUT2D eigenvalue weighted by Gasteiger charge is 2.15. The minimum atomic E-state index is -0.200. The Morgan fingerprint density at radius 3 is 2.33 bits per heavy atom. The van der Waals surface area contributed by atoms with Crippen molar-refractivity contribution in [2.24, 2.45) is 0 Å². The van der Waals surface area contributed by atoms with Crippen LogP contribution in [-0.2, 0) is 4.79 Å². The third-order valence-corrected chi connectivity index (χ3v) is 3.47. The maximum Gasteiger partial charge on any atom is 0.239 e. The highest BCUT2D eigenvalue weighted by atomic mass is 16.5. The molecule has 2 rings (SSSR count). The van der Waals surface area contributed by atoms with Crippen LogP contribution >= 0.6 is 0 Å². The third-order valence-electron chi connectivity index (χ3n) is 3.47. The zero-order valence-electron chi connectivity index (χ0n) is 14.2. The summed E-state index contributed by atoms with van der Waals surface area (Å²) in [5.74, 6) is 2.08. The first-order valence-corrected chi connectivity index (χ1v) is 7.45. The molecule has 1 atom stereocenters. The van der Waals surface area contributed by atoms with E-state index in [1.165, 1.54) is 7.11 Å². The number of carbonyl (C=O) groups excluding carboxylic acids is 1. The Balaban J connectivity index is 1.99. The van der Waals surface area contributed by atoms with Gasteiger partial charge in [-0.25, -0.2) is 0 Å². The van der Waals surface area contributed by atoms with E-state index in [9.17, 15) is 4.79 Å². The van der Waals surface area contributed by atoms with Crippen molar-refractivity contribution in [1.82, 2.24) is 5.32 Å². The fraction of sp³-hybridized carbons (Fsp3) is 0.353. The average molecular weight is 334 g/mol. The third kappa shape index (κ3) is 4.13. The van der Waals surface area contributed by atoms with E-state index in [4.69, 9.17) is 18.6 Å². The van der Waals surface area contributed by atoms with Gasteiger partial charge in [0.2, 0.25) is 11.7 Å². The molecule has 1 unspecified atom stereocenters. The van der Waals surface area contributed by atoms with Crippen LogP contribution in [0.15, 0.2) is 34.9 Å². The van der Waals surface area contributed by atoms with Crippen molar-refractivity contribution in [3.63, 3.8) is 0 Å². The lowest BCUT2D eigenvalue weighted by Gasteiger charge is -2.16. The number of nitrogens with one attached hydrogen (secondary N) is 2. The molecule has 0 aliphatic heterocycles. The van der Waals surface area contributed by atoms with Gasteiger partial charge in [0.25, 0.3) is 0 Å². The smallest absolute Gasteiger partial charge is 0.239 e. The van der Waals surface area contributed by atoms with Crippen LogP contribution in [0, 0.1) is 0 Å². The maximum atomic E-state index is 12.1. The van der Waals surface area contributed by atoms with E-state index < -0.39 is 0 Å². The number of ether oxygens (including phenoxy) is 3. The first-order chi connectivity index (χ1) is 11.6. The topological polar surface area (TPSA) is 82.0 Å². The molecule has 0 aliphatic rings. The van der Waals surface area contributed by atoms with Gasteiger partial charge in [0.1, 0.15) is 5.76 Å². The Hall–Kier alpha value is -2.83. The largest absolute Gasteiger partial charge is 0.493 e. The minimum Gasteiger partial charge on any atom is -0.493 e. The second-order valence-corrected chi connectivity index (χ2v) is 5.07. The van der Waals surface area contributed by atoms with E-state index in [1.54, 1.807) is 38.7 Å². The molecule has 0 radical (unpaired) electrons. The number of benzene rings is 1. The van der Waals surface area contributed by atoms with E-state index in [0.717, 1.165) is 0 Å². The molecule has 1 heterocycles. The maximum absolute atomic E-state index is 12.1. The van der Waals surface area contributed by atoms with Crippen molar-refractivity contribution < 1.29 is 23.4 Å². The summed E-state index contributed by atoms with van der Waals surface area (Å²) in [6.07, 6.45) is 1.58. The van der Waals surface area contributed by atoms with Gasteiger partial charge in [-0.3, -0.25) is 4.79 Å². The number of anilines is 1. The Bertz CT molecular complexity index is 645. The zero-order chi connectivity index (χ0) is 17.5. The lowest BCUT2D eigenvalue weighted by atomic mass is 10.2. The van der Waals surface area contributed by atoms with E-state index in [-0.39, 0.29) is 18.5 Å². The van der Waals surface area contributed by atoms with Crippen molar-refractivity contribution in [2.45, 2.75) is 13.0 Å². The molecule has 7 heteroatoms. The van der Waals surface area contributed by atoms with Gasteiger partial charge in [0.05, 0.1) is 40.2 Å². The first kappa shape index (κ1) is 17.5. The summed E-state index contributed by atoms with van der Waals surface area (Å²) in [5, 5.41) is 5.89. The lowest BCUT2D eigenvalue weighted by Crippen LogP contribution is -2.31. The van der Waals surface area contributed by atoms with Gasteiger partial charge >= 0.3 is 0 Å². The minimum absolute atomic E-state index is 0.101. The van der Waals surface area contributed by atoms with Crippen LogP contribution in [0.2, 0.25) is 0 Å². The second kappa shape index (κ2) is 8.14. The van der Waals surface area contributed by atoms with Crippen LogP contribution in [-0.4, -0.2) is 33.8 Å². The van der Waals surface area contributed by atoms with Gasteiger partial charge < -0.3 is 29.3 Å². The molecular weight excluding hydrogens is 312 g/mol. The lowest BCUT2D eigenvalue weighted by molar-refractivity contribution is -0.120. The quantitative estimate of drug-likeness (QED) is 0.772. The predicted molar refractivity (Wildman–Crippen MR) is 89.9 cm³/mol. The summed E-state index contributed by atoms with van der Waals surface area (Å²) in [7, 11) is 4.62. The summed E-state index contributed by atoms with van der Waals surface area (Å²) in [6.45, 7) is 1.96. The molecule has 1 amide bonds. The number of amides is 1. The Kier molecular flexibility index (Phi) is 5.95. The van der Waals surface area contributed by atoms with Gasteiger partial charge in [-0.05, 0) is 19.1 Å². The van der Waals surface area contributed by atoms with Gasteiger partial charge in [-0.2, -0.15) is 0 Å². The van der Waals surface area contributed by atoms with Gasteiger partial charge in [0, 0.05) is 17.8 Å². The van der Waals surface area contributed by atoms with Crippen LogP contribution in [0.3, 0.4) is 0 Å². The first-order valence-electron chi connectivity index (χ1n) is 7.45. The molecule has 0 saturated heterocycles. The molecule has 2 N–H and O–H groups in total. The van der Waals surface area contributed by atoms with Crippen molar-refractivity contribution in [1.29, 1.82) is 0 Å². The Morgan fingerprint density at radius 2 is 1.83 bits per heavy atom. The monoisotopic (exact) mass is 334 g/mol. The second-order valence-electron chi connectivity index (χ2n) is 5.07. The highest BCUT2D eigenvalue weighted by molar-refractivity contribution is 5.81. The molecule has 0 saturated carbocycles. The van der Waals surface area contributed by atoms with Crippen LogP contribution < -0.4 is 24.8 Å². The zero-order valence-corrected chi connectivity index (χ0v) is 14.2. The van der Waals surface area contributed by atoms with Gasteiger partial charge in [-0.1, -0.05) is 0 Å². The summed E-state index contributed by atoms with van der Waals surface area (Å²) >= 11 is 0. The molecule has 7 nitrogen and oxygen atoms in total. The molecule has 0 bridgehead atoms. The van der Waals surface area contributed by atoms with Crippen molar-refractivity contribution in [2.75, 3.05) is 33.2 Å². The van der Waals surface area contributed by atoms with Crippen molar-refractivity contribution in [3.8, 4) is 17.2 Å². The fourth-order valence-electron chi connectivity index (χ4n) is 2.27. The molecule has 1 aromatic carbocycles. The standard InChI is InChI=1S/C17H22N2O5/c1-11(13-6-5-7-24-13)19-16(20)10-18-12-8-14(21-2)17(23-4)15(9-12)22-3/h5-9,11,18H,10H2,1-4H3,(H,19,20). The number of carbonyl (C=O) groups is 1. The molecular formula is C17H22N2O5.